The second-order valence-electron chi connectivity index (χ2n) is 10.9. The van der Waals surface area contributed by atoms with Gasteiger partial charge in [-0.05, 0) is 56.5 Å². The third-order valence-corrected chi connectivity index (χ3v) is 8.27. The van der Waals surface area contributed by atoms with Gasteiger partial charge in [0, 0.05) is 17.7 Å². The minimum Gasteiger partial charge on any atom is -0.508 e. The van der Waals surface area contributed by atoms with Crippen LogP contribution in [0.5, 0.6) is 5.75 Å². The molecule has 1 saturated carbocycles. The minimum atomic E-state index is -2.72. The number of phenolic OH excluding ortho intramolecular Hbond substituents is 1. The Balaban J connectivity index is 1.54. The number of nitrogens with two attached hydrogens (primary N) is 1. The molecule has 3 aliphatic rings. The largest absolute Gasteiger partial charge is 0.508 e. The summed E-state index contributed by atoms with van der Waals surface area (Å²) in [4.78, 5) is 53.2. The van der Waals surface area contributed by atoms with Gasteiger partial charge in [0.15, 0.2) is 11.4 Å². The lowest BCUT2D eigenvalue weighted by Crippen LogP contribution is -2.65. The van der Waals surface area contributed by atoms with Gasteiger partial charge in [0.2, 0.25) is 11.7 Å². The fraction of sp³-hybridized carbons (Fsp3) is 0.393. The first-order valence-corrected chi connectivity index (χ1v) is 13.1. The molecule has 0 aliphatic heterocycles. The zero-order chi connectivity index (χ0) is 30.0. The predicted octanol–water partition coefficient (Wildman–Crippen LogP) is 0.362. The Kier molecular flexibility index (Phi) is 6.74. The van der Waals surface area contributed by atoms with Crippen LogP contribution in [-0.2, 0) is 38.6 Å². The number of amides is 2. The maximum absolute atomic E-state index is 13.9. The number of anilines is 1. The van der Waals surface area contributed by atoms with E-state index in [2.05, 4.69) is 10.4 Å². The van der Waals surface area contributed by atoms with E-state index in [-0.39, 0.29) is 36.2 Å². The summed E-state index contributed by atoms with van der Waals surface area (Å²) in [7, 11) is 3.08. The Morgan fingerprint density at radius 2 is 1.93 bits per heavy atom. The van der Waals surface area contributed by atoms with Gasteiger partial charge in [-0.25, -0.2) is 0 Å². The predicted molar refractivity (Wildman–Crippen MR) is 144 cm³/mol. The van der Waals surface area contributed by atoms with Crippen LogP contribution in [0.2, 0.25) is 0 Å². The molecule has 1 heterocycles. The lowest BCUT2D eigenvalue weighted by Gasteiger charge is -2.50. The monoisotopic (exact) mass is 565 g/mol. The van der Waals surface area contributed by atoms with E-state index in [0.29, 0.717) is 5.56 Å². The molecule has 4 atom stereocenters. The molecule has 41 heavy (non-hydrogen) atoms. The fourth-order valence-corrected chi connectivity index (χ4v) is 6.33. The van der Waals surface area contributed by atoms with Gasteiger partial charge in [-0.2, -0.15) is 5.10 Å². The number of primary amides is 1. The van der Waals surface area contributed by atoms with Crippen molar-refractivity contribution in [3.05, 3.63) is 58.1 Å². The number of nitrogens with one attached hydrogen (secondary N) is 1. The number of rotatable bonds is 6. The van der Waals surface area contributed by atoms with Crippen LogP contribution < -0.4 is 11.1 Å². The van der Waals surface area contributed by atoms with Crippen LogP contribution in [0.4, 0.5) is 5.69 Å². The Morgan fingerprint density at radius 3 is 2.54 bits per heavy atom. The number of nitrogens with zero attached hydrogens (tertiary/aromatic N) is 3. The van der Waals surface area contributed by atoms with Crippen molar-refractivity contribution >= 4 is 34.8 Å². The molecule has 0 bridgehead atoms. The highest BCUT2D eigenvalue weighted by Gasteiger charge is 2.64. The second kappa shape index (κ2) is 9.85. The molecule has 1 aromatic carbocycles. The summed E-state index contributed by atoms with van der Waals surface area (Å²) in [6.45, 7) is 1.83. The molecule has 3 aliphatic carbocycles. The van der Waals surface area contributed by atoms with E-state index in [1.54, 1.807) is 18.5 Å². The summed E-state index contributed by atoms with van der Waals surface area (Å²) in [6.07, 6.45) is 4.27. The molecule has 5 rings (SSSR count). The van der Waals surface area contributed by atoms with E-state index in [9.17, 15) is 39.6 Å². The second-order valence-corrected chi connectivity index (χ2v) is 10.9. The molecule has 13 heteroatoms. The molecule has 216 valence electrons. The van der Waals surface area contributed by atoms with E-state index in [1.807, 2.05) is 6.92 Å². The molecule has 1 fully saturated rings. The third kappa shape index (κ3) is 4.19. The third-order valence-electron chi connectivity index (χ3n) is 8.27. The molecule has 2 amide bonds. The quantitative estimate of drug-likeness (QED) is 0.209. The maximum atomic E-state index is 13.9. The van der Waals surface area contributed by atoms with Gasteiger partial charge in [-0.15, -0.1) is 0 Å². The minimum absolute atomic E-state index is 0.00533. The Labute approximate surface area is 234 Å². The van der Waals surface area contributed by atoms with Crippen molar-refractivity contribution in [3.63, 3.8) is 0 Å². The number of likely N-dealkylation sites (N-methyl/N-ethyl adjacent to an activating group) is 1. The van der Waals surface area contributed by atoms with Gasteiger partial charge in [-0.3, -0.25) is 28.8 Å². The van der Waals surface area contributed by atoms with E-state index in [1.165, 1.54) is 29.7 Å². The standard InChI is InChI=1S/C28H31N5O8/c1-4-12-9-30-33(10-12)11-17(34)31-16-6-5-13-7-14-8-15-21(32(2)3)24(37)20(27(29)40)26(39)28(15,41)25(38)19(14)23(36)18(13)22(16)35/h5-6,9-10,14-15,21,35-36,39,41H,4,7-8,11H2,1-3H3,(H2,29,40)(H,31,34)/t14?,15?,21-,28-/m0/s1. The molecule has 0 radical (unpaired) electrons. The first-order valence-electron chi connectivity index (χ1n) is 13.1. The van der Waals surface area contributed by atoms with Gasteiger partial charge >= 0.3 is 0 Å². The van der Waals surface area contributed by atoms with Gasteiger partial charge < -0.3 is 31.5 Å². The van der Waals surface area contributed by atoms with Crippen LogP contribution in [-0.4, -0.2) is 84.2 Å². The molecule has 1 aromatic heterocycles. The lowest BCUT2D eigenvalue weighted by molar-refractivity contribution is -0.153. The van der Waals surface area contributed by atoms with Crippen LogP contribution >= 0.6 is 0 Å². The van der Waals surface area contributed by atoms with Crippen molar-refractivity contribution in [1.82, 2.24) is 14.7 Å². The number of carbonyl (C=O) groups excluding carboxylic acids is 4. The lowest BCUT2D eigenvalue weighted by atomic mass is 9.57. The van der Waals surface area contributed by atoms with Gasteiger partial charge in [-0.1, -0.05) is 13.0 Å². The van der Waals surface area contributed by atoms with Gasteiger partial charge in [0.1, 0.15) is 29.4 Å². The molecule has 2 aromatic rings. The molecular weight excluding hydrogens is 534 g/mol. The fourth-order valence-electron chi connectivity index (χ4n) is 6.33. The maximum Gasteiger partial charge on any atom is 0.255 e. The molecule has 13 nitrogen and oxygen atoms in total. The zero-order valence-corrected chi connectivity index (χ0v) is 22.7. The molecule has 2 unspecified atom stereocenters. The van der Waals surface area contributed by atoms with E-state index < -0.39 is 69.7 Å². The number of aliphatic hydroxyl groups is 3. The molecular formula is C28H31N5O8. The number of phenols is 1. The van der Waals surface area contributed by atoms with Gasteiger partial charge in [0.25, 0.3) is 5.91 Å². The Hall–Kier alpha value is -4.49. The van der Waals surface area contributed by atoms with Crippen LogP contribution in [0.15, 0.2) is 41.4 Å². The summed E-state index contributed by atoms with van der Waals surface area (Å²) in [5.41, 5.74) is 2.79. The van der Waals surface area contributed by atoms with Crippen LogP contribution in [0, 0.1) is 11.8 Å². The Bertz CT molecular complexity index is 1570. The Morgan fingerprint density at radius 1 is 1.22 bits per heavy atom. The number of hydrogen-bond donors (Lipinski definition) is 6. The highest BCUT2D eigenvalue weighted by Crippen LogP contribution is 2.53. The van der Waals surface area contributed by atoms with Crippen molar-refractivity contribution in [2.75, 3.05) is 19.4 Å². The number of benzene rings is 1. The topological polar surface area (TPSA) is 208 Å². The SMILES string of the molecule is CCc1cnn(CC(=O)Nc2ccc3c(c2O)C(O)=C2C(=O)[C@]4(O)C(O)=C(C(N)=O)C(=O)[C@@H](N(C)C)C4CC2C3)c1. The van der Waals surface area contributed by atoms with E-state index >= 15 is 0 Å². The average Bonchev–Trinajstić information content (AvgIpc) is 3.34. The number of Topliss-reactive ketones (excluding diaryl/α,β-unsaturated/α-hetero) is 2. The summed E-state index contributed by atoms with van der Waals surface area (Å²) in [6, 6.07) is 1.93. The number of ketones is 2. The summed E-state index contributed by atoms with van der Waals surface area (Å²) < 4.78 is 1.45. The first kappa shape index (κ1) is 28.1. The van der Waals surface area contributed by atoms with Crippen LogP contribution in [0.25, 0.3) is 5.76 Å². The van der Waals surface area contributed by atoms with Crippen LogP contribution in [0.3, 0.4) is 0 Å². The van der Waals surface area contributed by atoms with Crippen molar-refractivity contribution in [2.24, 2.45) is 17.6 Å². The van der Waals surface area contributed by atoms with E-state index in [4.69, 9.17) is 5.73 Å². The highest BCUT2D eigenvalue weighted by molar-refractivity contribution is 6.24. The number of aromatic hydroxyl groups is 1. The summed E-state index contributed by atoms with van der Waals surface area (Å²) >= 11 is 0. The number of carbonyl (C=O) groups is 4. The average molecular weight is 566 g/mol. The number of hydrogen-bond acceptors (Lipinski definition) is 10. The molecule has 7 N–H and O–H groups in total. The first-order chi connectivity index (χ1) is 19.3. The normalized spacial score (nSPS) is 25.6. The smallest absolute Gasteiger partial charge is 0.255 e. The van der Waals surface area contributed by atoms with Crippen molar-refractivity contribution in [1.29, 1.82) is 0 Å². The highest BCUT2D eigenvalue weighted by atomic mass is 16.3. The van der Waals surface area contributed by atoms with E-state index in [0.717, 1.165) is 12.0 Å². The molecule has 0 saturated heterocycles. The van der Waals surface area contributed by atoms with Crippen molar-refractivity contribution in [3.8, 4) is 5.75 Å². The molecule has 0 spiro atoms. The summed E-state index contributed by atoms with van der Waals surface area (Å²) in [5, 5.41) is 51.7. The van der Waals surface area contributed by atoms with Gasteiger partial charge in [0.05, 0.1) is 23.5 Å². The van der Waals surface area contributed by atoms with Crippen molar-refractivity contribution in [2.45, 2.75) is 44.4 Å². The number of aromatic nitrogens is 2. The van der Waals surface area contributed by atoms with Crippen molar-refractivity contribution < 1.29 is 39.6 Å². The summed E-state index contributed by atoms with van der Waals surface area (Å²) in [5.74, 6) is -7.79. The number of fused-ring (bicyclic) bond motifs is 3. The number of aliphatic hydroxyl groups excluding tert-OH is 2. The number of aryl methyl sites for hydroxylation is 1. The van der Waals surface area contributed by atoms with Crippen LogP contribution in [0.1, 0.15) is 30.0 Å². The zero-order valence-electron chi connectivity index (χ0n) is 22.7.